The van der Waals surface area contributed by atoms with Crippen LogP contribution in [0.1, 0.15) is 15.9 Å². The van der Waals surface area contributed by atoms with Gasteiger partial charge in [-0.15, -0.1) is 0 Å². The van der Waals surface area contributed by atoms with E-state index in [9.17, 15) is 9.59 Å². The van der Waals surface area contributed by atoms with Crippen molar-refractivity contribution < 1.29 is 9.59 Å². The maximum absolute atomic E-state index is 12.4. The van der Waals surface area contributed by atoms with Crippen LogP contribution in [-0.4, -0.2) is 57.3 Å². The summed E-state index contributed by atoms with van der Waals surface area (Å²) in [4.78, 5) is 31.2. The highest BCUT2D eigenvalue weighted by atomic mass is 16.2. The second-order valence-electron chi connectivity index (χ2n) is 5.63. The summed E-state index contributed by atoms with van der Waals surface area (Å²) in [6.45, 7) is 2.38. The Morgan fingerprint density at radius 1 is 1.14 bits per heavy atom. The molecule has 116 valence electrons. The number of amides is 2. The molecule has 3 rings (SSSR count). The predicted octanol–water partition coefficient (Wildman–Crippen LogP) is 0.880. The summed E-state index contributed by atoms with van der Waals surface area (Å²) in [6.07, 6.45) is 7.76. The first-order valence-electron chi connectivity index (χ1n) is 7.44. The van der Waals surface area contributed by atoms with Gasteiger partial charge in [0.25, 0.3) is 5.91 Å². The molecule has 0 bridgehead atoms. The van der Waals surface area contributed by atoms with Gasteiger partial charge in [0.1, 0.15) is 0 Å². The van der Waals surface area contributed by atoms with Gasteiger partial charge in [0, 0.05) is 58.0 Å². The molecule has 22 heavy (non-hydrogen) atoms. The third kappa shape index (κ3) is 3.05. The number of aromatic amines is 1. The van der Waals surface area contributed by atoms with Gasteiger partial charge in [0.15, 0.2) is 0 Å². The van der Waals surface area contributed by atoms with Gasteiger partial charge in [0.05, 0.1) is 12.0 Å². The van der Waals surface area contributed by atoms with Crippen LogP contribution in [-0.2, 0) is 18.3 Å². The summed E-state index contributed by atoms with van der Waals surface area (Å²) in [6, 6.07) is 3.73. The normalized spacial score (nSPS) is 15.1. The Bertz CT molecular complexity index is 652. The number of carbonyl (C=O) groups is 2. The van der Waals surface area contributed by atoms with Crippen LogP contribution in [0.15, 0.2) is 36.9 Å². The van der Waals surface area contributed by atoms with Crippen LogP contribution in [0.2, 0.25) is 0 Å². The summed E-state index contributed by atoms with van der Waals surface area (Å²) < 4.78 is 1.86. The van der Waals surface area contributed by atoms with Crippen molar-refractivity contribution in [2.75, 3.05) is 26.2 Å². The number of aromatic nitrogens is 2. The van der Waals surface area contributed by atoms with Crippen molar-refractivity contribution in [3.63, 3.8) is 0 Å². The Labute approximate surface area is 129 Å². The highest BCUT2D eigenvalue weighted by Crippen LogP contribution is 2.10. The molecule has 0 unspecified atom stereocenters. The zero-order chi connectivity index (χ0) is 15.5. The summed E-state index contributed by atoms with van der Waals surface area (Å²) >= 11 is 0. The topological polar surface area (TPSA) is 61.3 Å². The number of aryl methyl sites for hydroxylation is 1. The average Bonchev–Trinajstić information content (AvgIpc) is 3.18. The van der Waals surface area contributed by atoms with E-state index in [0.717, 1.165) is 5.56 Å². The minimum absolute atomic E-state index is 0.0401. The molecule has 2 amide bonds. The lowest BCUT2D eigenvalue weighted by Crippen LogP contribution is -2.50. The monoisotopic (exact) mass is 300 g/mol. The summed E-state index contributed by atoms with van der Waals surface area (Å²) in [5, 5.41) is 0. The minimum atomic E-state index is 0.0401. The number of nitrogens with one attached hydrogen (secondary N) is 1. The molecular formula is C16H20N4O2. The largest absolute Gasteiger partial charge is 0.367 e. The first kappa shape index (κ1) is 14.4. The second-order valence-corrected chi connectivity index (χ2v) is 5.63. The molecule has 0 atom stereocenters. The van der Waals surface area contributed by atoms with Crippen LogP contribution in [0, 0.1) is 0 Å². The molecule has 2 aromatic heterocycles. The van der Waals surface area contributed by atoms with E-state index in [0.29, 0.717) is 38.2 Å². The van der Waals surface area contributed by atoms with Gasteiger partial charge >= 0.3 is 0 Å². The highest BCUT2D eigenvalue weighted by molar-refractivity contribution is 5.94. The number of rotatable bonds is 3. The molecule has 0 aromatic carbocycles. The van der Waals surface area contributed by atoms with Crippen LogP contribution >= 0.6 is 0 Å². The van der Waals surface area contributed by atoms with Crippen molar-refractivity contribution in [2.24, 2.45) is 7.05 Å². The van der Waals surface area contributed by atoms with E-state index in [1.807, 2.05) is 58.3 Å². The van der Waals surface area contributed by atoms with E-state index >= 15 is 0 Å². The highest BCUT2D eigenvalue weighted by Gasteiger charge is 2.25. The lowest BCUT2D eigenvalue weighted by atomic mass is 10.2. The van der Waals surface area contributed by atoms with Gasteiger partial charge in [-0.2, -0.15) is 0 Å². The fourth-order valence-corrected chi connectivity index (χ4v) is 2.73. The summed E-state index contributed by atoms with van der Waals surface area (Å²) in [7, 11) is 1.90. The molecule has 3 heterocycles. The third-order valence-corrected chi connectivity index (χ3v) is 4.02. The molecule has 1 saturated heterocycles. The SMILES string of the molecule is Cn1ccc(C(=O)N2CCN(C(=O)Cc3cc[nH]c3)CC2)c1. The molecule has 1 aliphatic rings. The van der Waals surface area contributed by atoms with Gasteiger partial charge in [-0.05, 0) is 17.7 Å². The van der Waals surface area contributed by atoms with Crippen molar-refractivity contribution in [3.8, 4) is 0 Å². The van der Waals surface area contributed by atoms with E-state index < -0.39 is 0 Å². The number of piperazine rings is 1. The number of H-pyrrole nitrogens is 1. The van der Waals surface area contributed by atoms with Crippen LogP contribution in [0.3, 0.4) is 0 Å². The van der Waals surface area contributed by atoms with Gasteiger partial charge in [-0.3, -0.25) is 9.59 Å². The Morgan fingerprint density at radius 3 is 2.45 bits per heavy atom. The maximum atomic E-state index is 12.4. The standard InChI is InChI=1S/C16H20N4O2/c1-18-5-3-14(12-18)16(22)20-8-6-19(7-9-20)15(21)10-13-2-4-17-11-13/h2-5,11-12,17H,6-10H2,1H3. The van der Waals surface area contributed by atoms with Crippen LogP contribution in [0.5, 0.6) is 0 Å². The molecular weight excluding hydrogens is 280 g/mol. The maximum Gasteiger partial charge on any atom is 0.255 e. The van der Waals surface area contributed by atoms with Crippen molar-refractivity contribution in [2.45, 2.75) is 6.42 Å². The average molecular weight is 300 g/mol. The van der Waals surface area contributed by atoms with Crippen LogP contribution in [0.25, 0.3) is 0 Å². The van der Waals surface area contributed by atoms with Crippen molar-refractivity contribution >= 4 is 11.8 Å². The molecule has 2 aromatic rings. The third-order valence-electron chi connectivity index (χ3n) is 4.02. The molecule has 1 aliphatic heterocycles. The van der Waals surface area contributed by atoms with E-state index in [4.69, 9.17) is 0 Å². The van der Waals surface area contributed by atoms with Gasteiger partial charge in [-0.1, -0.05) is 0 Å². The van der Waals surface area contributed by atoms with Crippen molar-refractivity contribution in [3.05, 3.63) is 48.0 Å². The molecule has 6 heteroatoms. The molecule has 6 nitrogen and oxygen atoms in total. The van der Waals surface area contributed by atoms with Gasteiger partial charge in [-0.25, -0.2) is 0 Å². The molecule has 1 fully saturated rings. The Hall–Kier alpha value is -2.50. The molecule has 0 spiro atoms. The molecule has 0 radical (unpaired) electrons. The zero-order valence-electron chi connectivity index (χ0n) is 12.7. The van der Waals surface area contributed by atoms with Crippen molar-refractivity contribution in [1.82, 2.24) is 19.4 Å². The molecule has 0 aliphatic carbocycles. The van der Waals surface area contributed by atoms with E-state index in [2.05, 4.69) is 4.98 Å². The number of hydrogen-bond donors (Lipinski definition) is 1. The van der Waals surface area contributed by atoms with Gasteiger partial charge in [0.2, 0.25) is 5.91 Å². The van der Waals surface area contributed by atoms with Crippen LogP contribution in [0.4, 0.5) is 0 Å². The quantitative estimate of drug-likeness (QED) is 0.915. The Balaban J connectivity index is 1.54. The number of hydrogen-bond acceptors (Lipinski definition) is 2. The Morgan fingerprint density at radius 2 is 1.86 bits per heavy atom. The lowest BCUT2D eigenvalue weighted by Gasteiger charge is -2.34. The van der Waals surface area contributed by atoms with Gasteiger partial charge < -0.3 is 19.4 Å². The zero-order valence-corrected chi connectivity index (χ0v) is 12.7. The van der Waals surface area contributed by atoms with E-state index in [-0.39, 0.29) is 11.8 Å². The van der Waals surface area contributed by atoms with E-state index in [1.165, 1.54) is 0 Å². The predicted molar refractivity (Wildman–Crippen MR) is 82.4 cm³/mol. The summed E-state index contributed by atoms with van der Waals surface area (Å²) in [5.74, 6) is 0.157. The second kappa shape index (κ2) is 6.09. The fourth-order valence-electron chi connectivity index (χ4n) is 2.73. The van der Waals surface area contributed by atoms with Crippen LogP contribution < -0.4 is 0 Å². The molecule has 0 saturated carbocycles. The summed E-state index contributed by atoms with van der Waals surface area (Å²) in [5.41, 5.74) is 1.70. The fraction of sp³-hybridized carbons (Fsp3) is 0.375. The first-order chi connectivity index (χ1) is 10.6. The number of carbonyl (C=O) groups excluding carboxylic acids is 2. The van der Waals surface area contributed by atoms with E-state index in [1.54, 1.807) is 0 Å². The Kier molecular flexibility index (Phi) is 4.00. The smallest absolute Gasteiger partial charge is 0.255 e. The lowest BCUT2D eigenvalue weighted by molar-refractivity contribution is -0.131. The number of nitrogens with zero attached hydrogens (tertiary/aromatic N) is 3. The van der Waals surface area contributed by atoms with Crippen molar-refractivity contribution in [1.29, 1.82) is 0 Å². The minimum Gasteiger partial charge on any atom is -0.367 e. The first-order valence-corrected chi connectivity index (χ1v) is 7.44. The molecule has 1 N–H and O–H groups in total.